The third-order valence-electron chi connectivity index (χ3n) is 3.11. The van der Waals surface area contributed by atoms with E-state index in [1.807, 2.05) is 30.3 Å². The molecule has 0 unspecified atom stereocenters. The van der Waals surface area contributed by atoms with Crippen molar-refractivity contribution in [2.75, 3.05) is 23.9 Å². The van der Waals surface area contributed by atoms with Crippen LogP contribution in [0.25, 0.3) is 0 Å². The van der Waals surface area contributed by atoms with E-state index in [0.29, 0.717) is 6.42 Å². The van der Waals surface area contributed by atoms with Crippen LogP contribution >= 0.6 is 31.9 Å². The Kier molecular flexibility index (Phi) is 7.54. The van der Waals surface area contributed by atoms with Crippen molar-refractivity contribution in [2.24, 2.45) is 0 Å². The fourth-order valence-corrected chi connectivity index (χ4v) is 4.10. The lowest BCUT2D eigenvalue weighted by molar-refractivity contribution is -0.174. The van der Waals surface area contributed by atoms with Gasteiger partial charge in [-0.1, -0.05) is 62.2 Å². The van der Waals surface area contributed by atoms with Crippen LogP contribution in [0.3, 0.4) is 0 Å². The van der Waals surface area contributed by atoms with E-state index < -0.39 is 12.8 Å². The molecule has 0 aromatic heterocycles. The minimum Gasteiger partial charge on any atom is -0.372 e. The van der Waals surface area contributed by atoms with E-state index in [1.54, 1.807) is 0 Å². The summed E-state index contributed by atoms with van der Waals surface area (Å²) < 4.78 is 40.6. The molecule has 20 heavy (non-hydrogen) atoms. The molecule has 0 bridgehead atoms. The van der Waals surface area contributed by atoms with Crippen molar-refractivity contribution in [1.82, 2.24) is 0 Å². The molecule has 0 aliphatic carbocycles. The molecule has 0 saturated carbocycles. The topological polar surface area (TPSA) is 9.23 Å². The molecule has 1 aromatic rings. The lowest BCUT2D eigenvalue weighted by Gasteiger charge is -2.30. The summed E-state index contributed by atoms with van der Waals surface area (Å²) in [5, 5.41) is 1.49. The number of benzene rings is 1. The molecule has 6 heteroatoms. The van der Waals surface area contributed by atoms with E-state index in [-0.39, 0.29) is 12.0 Å². The van der Waals surface area contributed by atoms with Gasteiger partial charge in [0, 0.05) is 22.7 Å². The normalized spacial score (nSPS) is 12.7. The van der Waals surface area contributed by atoms with Crippen LogP contribution in [0.2, 0.25) is 0 Å². The third-order valence-corrected chi connectivity index (χ3v) is 5.25. The number of rotatable bonds is 8. The molecule has 0 amide bonds. The molecule has 0 N–H and O–H groups in total. The predicted octanol–water partition coefficient (Wildman–Crippen LogP) is 5.07. The zero-order valence-corrected chi connectivity index (χ0v) is 14.1. The van der Waals surface area contributed by atoms with Crippen molar-refractivity contribution in [3.8, 4) is 0 Å². The van der Waals surface area contributed by atoms with Gasteiger partial charge in [-0.15, -0.1) is 0 Å². The van der Waals surface area contributed by atoms with Crippen molar-refractivity contribution < 1.29 is 17.9 Å². The van der Waals surface area contributed by atoms with Crippen LogP contribution in [-0.4, -0.2) is 30.1 Å². The molecule has 0 spiro atoms. The number of hydrogen-bond acceptors (Lipinski definition) is 1. The van der Waals surface area contributed by atoms with Crippen molar-refractivity contribution >= 4 is 31.9 Å². The molecule has 0 aliphatic heterocycles. The summed E-state index contributed by atoms with van der Waals surface area (Å²) in [5.41, 5.74) is 1.05. The summed E-state index contributed by atoms with van der Waals surface area (Å²) in [5.74, 6) is 0. The lowest BCUT2D eigenvalue weighted by Crippen LogP contribution is -2.30. The predicted molar refractivity (Wildman–Crippen MR) is 81.8 cm³/mol. The molecule has 1 nitrogen and oxygen atoms in total. The highest BCUT2D eigenvalue weighted by Gasteiger charge is 2.30. The quantitative estimate of drug-likeness (QED) is 0.423. The number of halogens is 5. The molecular formula is C14H17Br2F3O. The van der Waals surface area contributed by atoms with Crippen LogP contribution < -0.4 is 0 Å². The Hall–Kier alpha value is -0.0700. The molecule has 1 aromatic carbocycles. The Morgan fingerprint density at radius 2 is 1.60 bits per heavy atom. The van der Waals surface area contributed by atoms with Gasteiger partial charge in [0.15, 0.2) is 0 Å². The van der Waals surface area contributed by atoms with Crippen LogP contribution in [0, 0.1) is 0 Å². The van der Waals surface area contributed by atoms with Crippen LogP contribution in [0.5, 0.6) is 0 Å². The van der Waals surface area contributed by atoms with Gasteiger partial charge in [0.25, 0.3) is 0 Å². The Bertz CT molecular complexity index is 378. The van der Waals surface area contributed by atoms with E-state index >= 15 is 0 Å². The highest BCUT2D eigenvalue weighted by Crippen LogP contribution is 2.33. The van der Waals surface area contributed by atoms with Gasteiger partial charge in [-0.25, -0.2) is 0 Å². The molecular weight excluding hydrogens is 401 g/mol. The average molecular weight is 418 g/mol. The molecule has 0 aliphatic rings. The minimum atomic E-state index is -4.25. The fraction of sp³-hybridized carbons (Fsp3) is 0.571. The number of ether oxygens (including phenoxy) is 1. The second kappa shape index (κ2) is 8.39. The molecule has 0 atom stereocenters. The van der Waals surface area contributed by atoms with Gasteiger partial charge in [-0.05, 0) is 18.4 Å². The van der Waals surface area contributed by atoms with Gasteiger partial charge in [-0.3, -0.25) is 0 Å². The highest BCUT2D eigenvalue weighted by atomic mass is 79.9. The molecule has 114 valence electrons. The van der Waals surface area contributed by atoms with Crippen molar-refractivity contribution in [3.05, 3.63) is 35.9 Å². The molecule has 0 radical (unpaired) electrons. The van der Waals surface area contributed by atoms with Crippen LogP contribution in [0.15, 0.2) is 30.3 Å². The second-order valence-electron chi connectivity index (χ2n) is 4.68. The van der Waals surface area contributed by atoms with Gasteiger partial charge < -0.3 is 4.74 Å². The van der Waals surface area contributed by atoms with Crippen molar-refractivity contribution in [2.45, 2.75) is 24.4 Å². The first-order valence-electron chi connectivity index (χ1n) is 6.25. The Labute approximate surface area is 134 Å². The van der Waals surface area contributed by atoms with Crippen LogP contribution in [-0.2, 0) is 10.2 Å². The van der Waals surface area contributed by atoms with Crippen LogP contribution in [0.4, 0.5) is 13.2 Å². The standard InChI is InChI=1S/C14H17Br2F3O/c15-9-13(10-16,12-5-2-1-3-6-12)7-4-8-20-11-14(17,18)19/h1-3,5-6H,4,7-11H2. The summed E-state index contributed by atoms with van der Waals surface area (Å²) in [6.45, 7) is -1.05. The summed E-state index contributed by atoms with van der Waals surface area (Å²) in [6, 6.07) is 9.96. The SMILES string of the molecule is FC(F)(F)COCCCC(CBr)(CBr)c1ccccc1. The van der Waals surface area contributed by atoms with E-state index in [2.05, 4.69) is 36.6 Å². The maximum absolute atomic E-state index is 12.0. The average Bonchev–Trinajstić information content (AvgIpc) is 2.43. The summed E-state index contributed by atoms with van der Waals surface area (Å²) in [7, 11) is 0. The Balaban J connectivity index is 2.52. The second-order valence-corrected chi connectivity index (χ2v) is 5.81. The number of hydrogen-bond donors (Lipinski definition) is 0. The summed E-state index contributed by atoms with van der Waals surface area (Å²) >= 11 is 7.04. The van der Waals surface area contributed by atoms with E-state index in [9.17, 15) is 13.2 Å². The lowest BCUT2D eigenvalue weighted by atomic mass is 9.80. The van der Waals surface area contributed by atoms with E-state index in [4.69, 9.17) is 0 Å². The van der Waals surface area contributed by atoms with Gasteiger partial charge in [0.2, 0.25) is 0 Å². The monoisotopic (exact) mass is 416 g/mol. The smallest absolute Gasteiger partial charge is 0.372 e. The van der Waals surface area contributed by atoms with Crippen molar-refractivity contribution in [1.29, 1.82) is 0 Å². The maximum atomic E-state index is 12.0. The third kappa shape index (κ3) is 5.74. The fourth-order valence-electron chi connectivity index (χ4n) is 1.96. The molecule has 1 rings (SSSR count). The molecule has 0 fully saturated rings. The van der Waals surface area contributed by atoms with Crippen molar-refractivity contribution in [3.63, 3.8) is 0 Å². The van der Waals surface area contributed by atoms with Gasteiger partial charge in [-0.2, -0.15) is 13.2 Å². The molecule has 0 saturated heterocycles. The minimum absolute atomic E-state index is 0.119. The van der Waals surface area contributed by atoms with Gasteiger partial charge >= 0.3 is 6.18 Å². The summed E-state index contributed by atoms with van der Waals surface area (Å²) in [6.07, 6.45) is -2.91. The first kappa shape index (κ1) is 18.0. The van der Waals surface area contributed by atoms with Gasteiger partial charge in [0.05, 0.1) is 0 Å². The first-order chi connectivity index (χ1) is 9.43. The van der Waals surface area contributed by atoms with E-state index in [0.717, 1.165) is 17.1 Å². The number of alkyl halides is 5. The molecule has 0 heterocycles. The van der Waals surface area contributed by atoms with E-state index in [1.165, 1.54) is 5.56 Å². The van der Waals surface area contributed by atoms with Gasteiger partial charge in [0.1, 0.15) is 6.61 Å². The Morgan fingerprint density at radius 1 is 1.00 bits per heavy atom. The largest absolute Gasteiger partial charge is 0.411 e. The summed E-state index contributed by atoms with van der Waals surface area (Å²) in [4.78, 5) is 0. The zero-order chi connectivity index (χ0) is 15.1. The van der Waals surface area contributed by atoms with Crippen LogP contribution in [0.1, 0.15) is 18.4 Å². The first-order valence-corrected chi connectivity index (χ1v) is 8.50. The zero-order valence-electron chi connectivity index (χ0n) is 10.9. The Morgan fingerprint density at radius 3 is 2.10 bits per heavy atom. The highest BCUT2D eigenvalue weighted by molar-refractivity contribution is 9.09. The maximum Gasteiger partial charge on any atom is 0.411 e.